The number of benzene rings is 1. The maximum absolute atomic E-state index is 12.9. The predicted molar refractivity (Wildman–Crippen MR) is 130 cm³/mol. The zero-order chi connectivity index (χ0) is 23.1. The second kappa shape index (κ2) is 8.37. The Bertz CT molecular complexity index is 1450. The van der Waals surface area contributed by atoms with E-state index in [1.165, 1.54) is 6.33 Å². The molecule has 4 aromatic heterocycles. The van der Waals surface area contributed by atoms with E-state index < -0.39 is 0 Å². The maximum atomic E-state index is 12.9. The Morgan fingerprint density at radius 3 is 2.76 bits per heavy atom. The van der Waals surface area contributed by atoms with Crippen LogP contribution in [0.15, 0.2) is 61.2 Å². The Labute approximate surface area is 196 Å². The average Bonchev–Trinajstić information content (AvgIpc) is 3.47. The Hall–Kier alpha value is -4.07. The van der Waals surface area contributed by atoms with Gasteiger partial charge in [-0.05, 0) is 49.4 Å². The molecule has 1 aliphatic carbocycles. The summed E-state index contributed by atoms with van der Waals surface area (Å²) in [5, 5.41) is 5.62. The third-order valence-corrected chi connectivity index (χ3v) is 6.92. The molecule has 1 aliphatic rings. The predicted octanol–water partition coefficient (Wildman–Crippen LogP) is 4.34. The van der Waals surface area contributed by atoms with E-state index in [4.69, 9.17) is 10.7 Å². The molecule has 8 nitrogen and oxygen atoms in total. The number of nitrogen functional groups attached to an aromatic ring is 1. The zero-order valence-corrected chi connectivity index (χ0v) is 18.7. The van der Waals surface area contributed by atoms with Gasteiger partial charge in [-0.25, -0.2) is 14.5 Å². The van der Waals surface area contributed by atoms with Gasteiger partial charge in [-0.3, -0.25) is 9.78 Å². The number of anilines is 1. The third kappa shape index (κ3) is 3.61. The van der Waals surface area contributed by atoms with Crippen LogP contribution in [0.5, 0.6) is 0 Å². The van der Waals surface area contributed by atoms with Gasteiger partial charge in [0.05, 0.1) is 5.69 Å². The first-order valence-corrected chi connectivity index (χ1v) is 11.7. The highest BCUT2D eigenvalue weighted by molar-refractivity contribution is 5.91. The minimum Gasteiger partial charge on any atom is -0.382 e. The molecule has 1 aromatic carbocycles. The van der Waals surface area contributed by atoms with Gasteiger partial charge >= 0.3 is 0 Å². The summed E-state index contributed by atoms with van der Waals surface area (Å²) in [5.41, 5.74) is 10.7. The van der Waals surface area contributed by atoms with E-state index in [1.807, 2.05) is 34.8 Å². The van der Waals surface area contributed by atoms with E-state index in [0.29, 0.717) is 18.0 Å². The molecule has 6 rings (SSSR count). The first kappa shape index (κ1) is 20.5. The molecule has 0 unspecified atom stereocenters. The summed E-state index contributed by atoms with van der Waals surface area (Å²) >= 11 is 0. The van der Waals surface area contributed by atoms with Crippen LogP contribution < -0.4 is 5.73 Å². The van der Waals surface area contributed by atoms with E-state index in [1.54, 1.807) is 12.4 Å². The van der Waals surface area contributed by atoms with Crippen molar-refractivity contribution >= 4 is 28.0 Å². The first-order valence-electron chi connectivity index (χ1n) is 11.7. The fourth-order valence-electron chi connectivity index (χ4n) is 5.15. The summed E-state index contributed by atoms with van der Waals surface area (Å²) in [6.07, 6.45) is 8.90. The SMILES string of the molecule is Nc1ncnn2c(C3CCC(C(=O)Cc4cccnc4)CC3)nc(-c3cc4ccccc4[nH]3)c12. The van der Waals surface area contributed by atoms with E-state index >= 15 is 0 Å². The minimum absolute atomic E-state index is 0.0792. The summed E-state index contributed by atoms with van der Waals surface area (Å²) in [7, 11) is 0. The minimum atomic E-state index is 0.0792. The molecule has 3 N–H and O–H groups in total. The van der Waals surface area contributed by atoms with Crippen molar-refractivity contribution in [2.24, 2.45) is 5.92 Å². The second-order valence-electron chi connectivity index (χ2n) is 9.05. The van der Waals surface area contributed by atoms with Crippen molar-refractivity contribution < 1.29 is 4.79 Å². The molecule has 0 bridgehead atoms. The number of aromatic nitrogens is 6. The van der Waals surface area contributed by atoms with Crippen LogP contribution in [0.25, 0.3) is 27.8 Å². The largest absolute Gasteiger partial charge is 0.382 e. The normalized spacial score (nSPS) is 18.5. The number of nitrogens with one attached hydrogen (secondary N) is 1. The molecule has 0 aliphatic heterocycles. The van der Waals surface area contributed by atoms with Crippen LogP contribution in [-0.2, 0) is 11.2 Å². The van der Waals surface area contributed by atoms with Gasteiger partial charge in [0.25, 0.3) is 0 Å². The number of rotatable bonds is 5. The highest BCUT2D eigenvalue weighted by Gasteiger charge is 2.31. The third-order valence-electron chi connectivity index (χ3n) is 6.92. The number of nitrogens with two attached hydrogens (primary N) is 1. The molecule has 0 atom stereocenters. The number of imidazole rings is 1. The summed E-state index contributed by atoms with van der Waals surface area (Å²) in [6, 6.07) is 14.1. The smallest absolute Gasteiger partial charge is 0.153 e. The van der Waals surface area contributed by atoms with E-state index in [0.717, 1.165) is 64.9 Å². The number of ketones is 1. The molecule has 1 fully saturated rings. The number of para-hydroxylation sites is 1. The number of aromatic amines is 1. The lowest BCUT2D eigenvalue weighted by molar-refractivity contribution is -0.123. The van der Waals surface area contributed by atoms with Gasteiger partial charge in [-0.15, -0.1) is 0 Å². The summed E-state index contributed by atoms with van der Waals surface area (Å²) in [6.45, 7) is 0. The van der Waals surface area contributed by atoms with Crippen LogP contribution >= 0.6 is 0 Å². The van der Waals surface area contributed by atoms with Crippen LogP contribution in [0.2, 0.25) is 0 Å². The summed E-state index contributed by atoms with van der Waals surface area (Å²) in [5.74, 6) is 1.88. The topological polar surface area (TPSA) is 115 Å². The zero-order valence-electron chi connectivity index (χ0n) is 18.7. The first-order chi connectivity index (χ1) is 16.7. The highest BCUT2D eigenvalue weighted by Crippen LogP contribution is 2.39. The van der Waals surface area contributed by atoms with Crippen molar-refractivity contribution in [3.8, 4) is 11.4 Å². The molecule has 1 saturated carbocycles. The quantitative estimate of drug-likeness (QED) is 0.411. The van der Waals surface area contributed by atoms with Crippen LogP contribution in [-0.4, -0.2) is 35.3 Å². The lowest BCUT2D eigenvalue weighted by Crippen LogP contribution is -2.23. The Morgan fingerprint density at radius 1 is 1.12 bits per heavy atom. The number of pyridine rings is 1. The van der Waals surface area contributed by atoms with E-state index in [9.17, 15) is 4.79 Å². The molecular weight excluding hydrogens is 426 g/mol. The lowest BCUT2D eigenvalue weighted by Gasteiger charge is -2.26. The number of nitrogens with zero attached hydrogens (tertiary/aromatic N) is 5. The molecule has 4 heterocycles. The van der Waals surface area contributed by atoms with E-state index in [2.05, 4.69) is 32.2 Å². The van der Waals surface area contributed by atoms with Crippen molar-refractivity contribution in [3.05, 3.63) is 72.6 Å². The Morgan fingerprint density at radius 2 is 1.97 bits per heavy atom. The maximum Gasteiger partial charge on any atom is 0.153 e. The van der Waals surface area contributed by atoms with Gasteiger partial charge in [0.15, 0.2) is 5.82 Å². The molecule has 0 spiro atoms. The fraction of sp³-hybridized carbons (Fsp3) is 0.269. The molecule has 5 aromatic rings. The number of Topliss-reactive ketones (excluding diaryl/α,β-unsaturated/α-hetero) is 1. The standard InChI is InChI=1S/C26H25N7O/c27-25-24-23(21-13-19-5-1-2-6-20(19)31-21)32-26(33(24)30-15-29-25)18-9-7-17(8-10-18)22(34)12-16-4-3-11-28-14-16/h1-6,11,13-15,17-18,31H,7-10,12H2,(H2,27,29,30). The summed E-state index contributed by atoms with van der Waals surface area (Å²) < 4.78 is 1.84. The van der Waals surface area contributed by atoms with Crippen molar-refractivity contribution in [1.82, 2.24) is 29.5 Å². The van der Waals surface area contributed by atoms with E-state index in [-0.39, 0.29) is 11.8 Å². The number of fused-ring (bicyclic) bond motifs is 2. The van der Waals surface area contributed by atoms with Crippen molar-refractivity contribution in [3.63, 3.8) is 0 Å². The van der Waals surface area contributed by atoms with Gasteiger partial charge in [0.1, 0.15) is 29.1 Å². The molecule has 0 saturated heterocycles. The fourth-order valence-corrected chi connectivity index (χ4v) is 5.15. The van der Waals surface area contributed by atoms with Gasteiger partial charge in [-0.1, -0.05) is 24.3 Å². The molecular formula is C26H25N7O. The number of carbonyl (C=O) groups excluding carboxylic acids is 1. The Balaban J connectivity index is 1.28. The van der Waals surface area contributed by atoms with Crippen LogP contribution in [0.3, 0.4) is 0 Å². The van der Waals surface area contributed by atoms with Crippen LogP contribution in [0, 0.1) is 5.92 Å². The number of H-pyrrole nitrogens is 1. The van der Waals surface area contributed by atoms with Crippen LogP contribution in [0.4, 0.5) is 5.82 Å². The molecule has 170 valence electrons. The monoisotopic (exact) mass is 451 g/mol. The molecule has 0 radical (unpaired) electrons. The van der Waals surface area contributed by atoms with Gasteiger partial charge < -0.3 is 10.7 Å². The lowest BCUT2D eigenvalue weighted by atomic mass is 9.78. The van der Waals surface area contributed by atoms with Crippen molar-refractivity contribution in [1.29, 1.82) is 0 Å². The molecule has 0 amide bonds. The highest BCUT2D eigenvalue weighted by atomic mass is 16.1. The van der Waals surface area contributed by atoms with Gasteiger partial charge in [0.2, 0.25) is 0 Å². The number of carbonyl (C=O) groups is 1. The van der Waals surface area contributed by atoms with Gasteiger partial charge in [-0.2, -0.15) is 5.10 Å². The van der Waals surface area contributed by atoms with Crippen LogP contribution in [0.1, 0.15) is 43.0 Å². The van der Waals surface area contributed by atoms with Crippen molar-refractivity contribution in [2.45, 2.75) is 38.0 Å². The van der Waals surface area contributed by atoms with Crippen molar-refractivity contribution in [2.75, 3.05) is 5.73 Å². The van der Waals surface area contributed by atoms with Gasteiger partial charge in [0, 0.05) is 41.6 Å². The molecule has 34 heavy (non-hydrogen) atoms. The average molecular weight is 452 g/mol. The summed E-state index contributed by atoms with van der Waals surface area (Å²) in [4.78, 5) is 29.7. The number of hydrogen-bond acceptors (Lipinski definition) is 6. The molecule has 8 heteroatoms. The number of hydrogen-bond donors (Lipinski definition) is 2. The second-order valence-corrected chi connectivity index (χ2v) is 9.05. The Kier molecular flexibility index (Phi) is 5.05.